The van der Waals surface area contributed by atoms with E-state index in [1.54, 1.807) is 12.1 Å². The molecule has 0 saturated carbocycles. The molecule has 1 aliphatic heterocycles. The number of halogens is 2. The Kier molecular flexibility index (Phi) is 6.87. The maximum Gasteiger partial charge on any atom is 0.251 e. The van der Waals surface area contributed by atoms with Gasteiger partial charge in [0.15, 0.2) is 0 Å². The average Bonchev–Trinajstić information content (AvgIpc) is 2.99. The van der Waals surface area contributed by atoms with Crippen LogP contribution < -0.4 is 15.4 Å². The fourth-order valence-electron chi connectivity index (χ4n) is 2.78. The van der Waals surface area contributed by atoms with Gasteiger partial charge in [-0.3, -0.25) is 4.79 Å². The van der Waals surface area contributed by atoms with Gasteiger partial charge in [-0.2, -0.15) is 0 Å². The second kappa shape index (κ2) is 8.70. The SMILES string of the molecule is CC(C)Oc1cc(Br)cc(C(=O)NCc2ccc3c(c2)CNC3)c1.Cl. The molecule has 4 nitrogen and oxygen atoms in total. The third-order valence-corrected chi connectivity index (χ3v) is 4.32. The summed E-state index contributed by atoms with van der Waals surface area (Å²) in [6.45, 7) is 6.27. The lowest BCUT2D eigenvalue weighted by molar-refractivity contribution is 0.0950. The minimum absolute atomic E-state index is 0. The van der Waals surface area contributed by atoms with Crippen molar-refractivity contribution in [2.45, 2.75) is 39.6 Å². The van der Waals surface area contributed by atoms with E-state index in [-0.39, 0.29) is 24.4 Å². The van der Waals surface area contributed by atoms with Crippen LogP contribution in [0.1, 0.15) is 40.9 Å². The van der Waals surface area contributed by atoms with E-state index in [0.717, 1.165) is 23.1 Å². The Morgan fingerprint density at radius 1 is 1.20 bits per heavy atom. The largest absolute Gasteiger partial charge is 0.491 e. The molecule has 0 bridgehead atoms. The van der Waals surface area contributed by atoms with Crippen molar-refractivity contribution in [2.24, 2.45) is 0 Å². The minimum Gasteiger partial charge on any atom is -0.491 e. The number of hydrogen-bond acceptors (Lipinski definition) is 3. The maximum absolute atomic E-state index is 12.4. The number of nitrogens with one attached hydrogen (secondary N) is 2. The van der Waals surface area contributed by atoms with E-state index in [4.69, 9.17) is 4.74 Å². The lowest BCUT2D eigenvalue weighted by atomic mass is 10.1. The number of hydrogen-bond donors (Lipinski definition) is 2. The Labute approximate surface area is 162 Å². The van der Waals surface area contributed by atoms with Crippen molar-refractivity contribution >= 4 is 34.2 Å². The summed E-state index contributed by atoms with van der Waals surface area (Å²) >= 11 is 3.43. The van der Waals surface area contributed by atoms with Crippen LogP contribution in [0.3, 0.4) is 0 Å². The van der Waals surface area contributed by atoms with Crippen LogP contribution in [-0.4, -0.2) is 12.0 Å². The zero-order valence-electron chi connectivity index (χ0n) is 14.3. The standard InChI is InChI=1S/C19H21BrN2O2.ClH/c1-12(2)24-18-7-15(6-17(20)8-18)19(23)22-9-13-3-4-14-10-21-11-16(14)5-13;/h3-8,12,21H,9-11H2,1-2H3,(H,22,23);1H. The molecule has 1 amide bonds. The number of benzene rings is 2. The molecule has 2 N–H and O–H groups in total. The van der Waals surface area contributed by atoms with E-state index in [9.17, 15) is 4.79 Å². The Bertz CT molecular complexity index is 765. The van der Waals surface area contributed by atoms with Crippen molar-refractivity contribution in [3.05, 3.63) is 63.1 Å². The number of ether oxygens (including phenoxy) is 1. The fourth-order valence-corrected chi connectivity index (χ4v) is 3.25. The fraction of sp³-hybridized carbons (Fsp3) is 0.316. The van der Waals surface area contributed by atoms with Crippen LogP contribution in [-0.2, 0) is 19.6 Å². The second-order valence-electron chi connectivity index (χ2n) is 6.23. The first-order valence-electron chi connectivity index (χ1n) is 8.08. The van der Waals surface area contributed by atoms with Gasteiger partial charge in [-0.25, -0.2) is 0 Å². The Morgan fingerprint density at radius 2 is 1.96 bits per heavy atom. The Balaban J connectivity index is 0.00000225. The molecule has 3 rings (SSSR count). The topological polar surface area (TPSA) is 50.4 Å². The number of fused-ring (bicyclic) bond motifs is 1. The molecule has 0 aliphatic carbocycles. The van der Waals surface area contributed by atoms with E-state index in [0.29, 0.717) is 17.9 Å². The minimum atomic E-state index is -0.108. The molecule has 0 radical (unpaired) electrons. The highest BCUT2D eigenvalue weighted by atomic mass is 79.9. The van der Waals surface area contributed by atoms with Crippen molar-refractivity contribution in [1.82, 2.24) is 10.6 Å². The van der Waals surface area contributed by atoms with E-state index in [1.165, 1.54) is 11.1 Å². The molecule has 25 heavy (non-hydrogen) atoms. The van der Waals surface area contributed by atoms with Crippen molar-refractivity contribution in [2.75, 3.05) is 0 Å². The molecule has 2 aromatic rings. The summed E-state index contributed by atoms with van der Waals surface area (Å²) in [7, 11) is 0. The molecule has 0 atom stereocenters. The van der Waals surface area contributed by atoms with Gasteiger partial charge in [-0.15, -0.1) is 12.4 Å². The number of rotatable bonds is 5. The molecule has 134 valence electrons. The summed E-state index contributed by atoms with van der Waals surface area (Å²) in [5, 5.41) is 6.31. The number of amides is 1. The summed E-state index contributed by atoms with van der Waals surface area (Å²) in [4.78, 5) is 12.4. The highest BCUT2D eigenvalue weighted by Gasteiger charge is 2.12. The first kappa shape index (κ1) is 19.8. The van der Waals surface area contributed by atoms with Gasteiger partial charge < -0.3 is 15.4 Å². The van der Waals surface area contributed by atoms with Crippen molar-refractivity contribution in [3.8, 4) is 5.75 Å². The molecular weight excluding hydrogens is 404 g/mol. The maximum atomic E-state index is 12.4. The van der Waals surface area contributed by atoms with Gasteiger partial charge in [0.05, 0.1) is 6.10 Å². The van der Waals surface area contributed by atoms with Crippen LogP contribution in [0.15, 0.2) is 40.9 Å². The molecule has 0 saturated heterocycles. The zero-order chi connectivity index (χ0) is 17.1. The van der Waals surface area contributed by atoms with Crippen LogP contribution in [0.25, 0.3) is 0 Å². The Hall–Kier alpha value is -1.56. The predicted molar refractivity (Wildman–Crippen MR) is 105 cm³/mol. The van der Waals surface area contributed by atoms with Gasteiger partial charge in [-0.1, -0.05) is 34.1 Å². The van der Waals surface area contributed by atoms with E-state index in [2.05, 4.69) is 44.8 Å². The van der Waals surface area contributed by atoms with Crippen LogP contribution in [0, 0.1) is 0 Å². The molecule has 0 fully saturated rings. The quantitative estimate of drug-likeness (QED) is 0.755. The molecule has 0 unspecified atom stereocenters. The van der Waals surface area contributed by atoms with Crippen molar-refractivity contribution in [1.29, 1.82) is 0 Å². The van der Waals surface area contributed by atoms with Crippen molar-refractivity contribution < 1.29 is 9.53 Å². The van der Waals surface area contributed by atoms with E-state index < -0.39 is 0 Å². The molecule has 6 heteroatoms. The first-order chi connectivity index (χ1) is 11.5. The van der Waals surface area contributed by atoms with Crippen LogP contribution >= 0.6 is 28.3 Å². The lowest BCUT2D eigenvalue weighted by Gasteiger charge is -2.12. The normalized spacial score (nSPS) is 12.5. The second-order valence-corrected chi connectivity index (χ2v) is 7.15. The van der Waals surface area contributed by atoms with Gasteiger partial charge in [0.2, 0.25) is 0 Å². The summed E-state index contributed by atoms with van der Waals surface area (Å²) in [5.74, 6) is 0.580. The van der Waals surface area contributed by atoms with Crippen LogP contribution in [0.2, 0.25) is 0 Å². The summed E-state index contributed by atoms with van der Waals surface area (Å²) in [6, 6.07) is 11.8. The number of carbonyl (C=O) groups is 1. The smallest absolute Gasteiger partial charge is 0.251 e. The Morgan fingerprint density at radius 3 is 2.72 bits per heavy atom. The molecule has 2 aromatic carbocycles. The van der Waals surface area contributed by atoms with Gasteiger partial charge in [0.1, 0.15) is 5.75 Å². The number of carbonyl (C=O) groups excluding carboxylic acids is 1. The average molecular weight is 426 g/mol. The highest BCUT2D eigenvalue weighted by Crippen LogP contribution is 2.23. The molecule has 0 spiro atoms. The van der Waals surface area contributed by atoms with Gasteiger partial charge in [0, 0.05) is 29.7 Å². The van der Waals surface area contributed by atoms with Crippen LogP contribution in [0.5, 0.6) is 5.75 Å². The van der Waals surface area contributed by atoms with E-state index >= 15 is 0 Å². The first-order valence-corrected chi connectivity index (χ1v) is 8.87. The summed E-state index contributed by atoms with van der Waals surface area (Å²) in [6.07, 6.45) is 0.0650. The monoisotopic (exact) mass is 424 g/mol. The highest BCUT2D eigenvalue weighted by molar-refractivity contribution is 9.10. The van der Waals surface area contributed by atoms with Crippen molar-refractivity contribution in [3.63, 3.8) is 0 Å². The van der Waals surface area contributed by atoms with Gasteiger partial charge >= 0.3 is 0 Å². The molecular formula is C19H22BrClN2O2. The molecule has 0 aromatic heterocycles. The predicted octanol–water partition coefficient (Wildman–Crippen LogP) is 4.19. The zero-order valence-corrected chi connectivity index (χ0v) is 16.7. The summed E-state index contributed by atoms with van der Waals surface area (Å²) < 4.78 is 6.51. The lowest BCUT2D eigenvalue weighted by Crippen LogP contribution is -2.23. The van der Waals surface area contributed by atoms with Gasteiger partial charge in [0.25, 0.3) is 5.91 Å². The molecule has 1 heterocycles. The molecule has 1 aliphatic rings. The third kappa shape index (κ3) is 5.21. The van der Waals surface area contributed by atoms with E-state index in [1.807, 2.05) is 19.9 Å². The summed E-state index contributed by atoms with van der Waals surface area (Å²) in [5.41, 5.74) is 4.35. The van der Waals surface area contributed by atoms with Gasteiger partial charge in [-0.05, 0) is 48.7 Å². The van der Waals surface area contributed by atoms with Crippen LogP contribution in [0.4, 0.5) is 0 Å². The third-order valence-electron chi connectivity index (χ3n) is 3.86.